The molecule has 5 rings (SSSR count). The Bertz CT molecular complexity index is 1410. The van der Waals surface area contributed by atoms with Gasteiger partial charge in [0.2, 0.25) is 0 Å². The number of nitrogens with zero attached hydrogens (tertiary/aromatic N) is 4. The number of nitrogens with one attached hydrogen (secondary N) is 1. The van der Waals surface area contributed by atoms with E-state index in [4.69, 9.17) is 4.84 Å². The molecule has 3 aromatic heterocycles. The fourth-order valence-corrected chi connectivity index (χ4v) is 3.98. The van der Waals surface area contributed by atoms with Crippen LogP contribution in [-0.4, -0.2) is 26.6 Å². The Morgan fingerprint density at radius 1 is 1.03 bits per heavy atom. The van der Waals surface area contributed by atoms with E-state index >= 15 is 0 Å². The van der Waals surface area contributed by atoms with Crippen molar-refractivity contribution in [2.24, 2.45) is 5.16 Å². The molecule has 0 radical (unpaired) electrons. The smallest absolute Gasteiger partial charge is 0.251 e. The first kappa shape index (κ1) is 23.3. The van der Waals surface area contributed by atoms with Gasteiger partial charge >= 0.3 is 0 Å². The number of hydrogen-bond donors (Lipinski definition) is 1. The van der Waals surface area contributed by atoms with Gasteiger partial charge in [-0.3, -0.25) is 19.7 Å². The molecule has 1 aliphatic rings. The van der Waals surface area contributed by atoms with Crippen molar-refractivity contribution in [1.82, 2.24) is 20.3 Å². The minimum absolute atomic E-state index is 0.287. The van der Waals surface area contributed by atoms with E-state index in [-0.39, 0.29) is 12.0 Å². The minimum Gasteiger partial charge on any atom is -0.385 e. The molecule has 4 heterocycles. The lowest BCUT2D eigenvalue weighted by molar-refractivity contribution is 0.0826. The van der Waals surface area contributed by atoms with Gasteiger partial charge in [0.15, 0.2) is 6.10 Å². The molecule has 1 N–H and O–H groups in total. The Balaban J connectivity index is 1.45. The third-order valence-electron chi connectivity index (χ3n) is 5.96. The van der Waals surface area contributed by atoms with Crippen molar-refractivity contribution in [3.8, 4) is 11.3 Å². The Kier molecular flexibility index (Phi) is 6.49. The number of hydrogen-bond acceptors (Lipinski definition) is 6. The molecule has 0 bridgehead atoms. The van der Waals surface area contributed by atoms with E-state index in [9.17, 15) is 9.18 Å². The first-order valence-electron chi connectivity index (χ1n) is 11.6. The third kappa shape index (κ3) is 5.12. The van der Waals surface area contributed by atoms with Gasteiger partial charge in [0.1, 0.15) is 5.82 Å². The summed E-state index contributed by atoms with van der Waals surface area (Å²) in [6.45, 7) is 3.77. The number of aryl methyl sites for hydroxylation is 1. The first-order chi connectivity index (χ1) is 17.5. The molecule has 36 heavy (non-hydrogen) atoms. The Labute approximate surface area is 208 Å². The topological polar surface area (TPSA) is 89.4 Å². The van der Waals surface area contributed by atoms with Crippen LogP contribution in [0, 0.1) is 12.7 Å². The van der Waals surface area contributed by atoms with Crippen molar-refractivity contribution in [2.45, 2.75) is 32.4 Å². The van der Waals surface area contributed by atoms with Crippen LogP contribution in [0.15, 0.2) is 84.4 Å². The van der Waals surface area contributed by atoms with E-state index in [2.05, 4.69) is 25.4 Å². The number of aromatic nitrogens is 3. The molecule has 0 aliphatic carbocycles. The Morgan fingerprint density at radius 2 is 1.89 bits per heavy atom. The van der Waals surface area contributed by atoms with Crippen LogP contribution in [0.2, 0.25) is 0 Å². The maximum absolute atomic E-state index is 13.3. The van der Waals surface area contributed by atoms with Crippen molar-refractivity contribution in [2.75, 3.05) is 0 Å². The zero-order chi connectivity index (χ0) is 25.1. The molecular formula is C28H24FN5O2. The highest BCUT2D eigenvalue weighted by Crippen LogP contribution is 2.30. The van der Waals surface area contributed by atoms with E-state index in [1.807, 2.05) is 43.3 Å². The predicted molar refractivity (Wildman–Crippen MR) is 134 cm³/mol. The molecule has 7 nitrogen and oxygen atoms in total. The number of oxime groups is 1. The van der Waals surface area contributed by atoms with Crippen molar-refractivity contribution >= 4 is 11.6 Å². The number of rotatable bonds is 6. The fraction of sp³-hybridized carbons (Fsp3) is 0.179. The molecule has 1 unspecified atom stereocenters. The van der Waals surface area contributed by atoms with Crippen molar-refractivity contribution < 1.29 is 14.0 Å². The summed E-state index contributed by atoms with van der Waals surface area (Å²) in [5.74, 6) is -0.714. The second kappa shape index (κ2) is 10.0. The van der Waals surface area contributed by atoms with E-state index in [1.165, 1.54) is 6.07 Å². The van der Waals surface area contributed by atoms with Gasteiger partial charge in [0, 0.05) is 35.5 Å². The predicted octanol–water partition coefficient (Wildman–Crippen LogP) is 5.34. The van der Waals surface area contributed by atoms with Gasteiger partial charge < -0.3 is 10.2 Å². The molecule has 8 heteroatoms. The van der Waals surface area contributed by atoms with Gasteiger partial charge in [-0.2, -0.15) is 0 Å². The molecule has 4 aromatic rings. The van der Waals surface area contributed by atoms with E-state index in [1.54, 1.807) is 37.5 Å². The van der Waals surface area contributed by atoms with Crippen LogP contribution in [0.3, 0.4) is 0 Å². The summed E-state index contributed by atoms with van der Waals surface area (Å²) in [5.41, 5.74) is 5.87. The summed E-state index contributed by atoms with van der Waals surface area (Å²) >= 11 is 0. The molecular weight excluding hydrogens is 457 g/mol. The van der Waals surface area contributed by atoms with Gasteiger partial charge in [0.25, 0.3) is 5.91 Å². The third-order valence-corrected chi connectivity index (χ3v) is 5.96. The molecule has 0 saturated carbocycles. The lowest BCUT2D eigenvalue weighted by Crippen LogP contribution is -2.27. The minimum atomic E-state index is -0.427. The van der Waals surface area contributed by atoms with Gasteiger partial charge in [-0.15, -0.1) is 0 Å². The van der Waals surface area contributed by atoms with Crippen molar-refractivity contribution in [3.05, 3.63) is 113 Å². The molecule has 0 fully saturated rings. The van der Waals surface area contributed by atoms with E-state index in [0.29, 0.717) is 17.7 Å². The van der Waals surface area contributed by atoms with Crippen LogP contribution in [0.25, 0.3) is 11.3 Å². The van der Waals surface area contributed by atoms with Gasteiger partial charge in [-0.05, 0) is 67.9 Å². The van der Waals surface area contributed by atoms with Crippen LogP contribution in [-0.2, 0) is 4.84 Å². The highest BCUT2D eigenvalue weighted by atomic mass is 19.1. The Morgan fingerprint density at radius 3 is 2.61 bits per heavy atom. The van der Waals surface area contributed by atoms with Crippen molar-refractivity contribution in [3.63, 3.8) is 0 Å². The van der Waals surface area contributed by atoms with Crippen LogP contribution < -0.4 is 5.32 Å². The van der Waals surface area contributed by atoms with Gasteiger partial charge in [0.05, 0.1) is 35.0 Å². The van der Waals surface area contributed by atoms with E-state index < -0.39 is 11.9 Å². The van der Waals surface area contributed by atoms with Crippen LogP contribution >= 0.6 is 0 Å². The highest BCUT2D eigenvalue weighted by molar-refractivity contribution is 6.05. The first-order valence-corrected chi connectivity index (χ1v) is 11.6. The largest absolute Gasteiger partial charge is 0.385 e. The van der Waals surface area contributed by atoms with Gasteiger partial charge in [-0.25, -0.2) is 4.39 Å². The van der Waals surface area contributed by atoms with E-state index in [0.717, 1.165) is 40.0 Å². The van der Waals surface area contributed by atoms with Crippen LogP contribution in [0.1, 0.15) is 58.4 Å². The number of carbonyl (C=O) groups excluding carboxylic acids is 1. The van der Waals surface area contributed by atoms with Crippen molar-refractivity contribution in [1.29, 1.82) is 0 Å². The quantitative estimate of drug-likeness (QED) is 0.401. The monoisotopic (exact) mass is 481 g/mol. The summed E-state index contributed by atoms with van der Waals surface area (Å²) in [7, 11) is 0. The lowest BCUT2D eigenvalue weighted by atomic mass is 9.96. The molecule has 1 aliphatic heterocycles. The van der Waals surface area contributed by atoms with Crippen LogP contribution in [0.4, 0.5) is 4.39 Å². The van der Waals surface area contributed by atoms with Crippen LogP contribution in [0.5, 0.6) is 0 Å². The standard InChI is InChI=1S/C28H24FN5O2/c1-17-6-8-24(31-15-17)19-11-20(26-14-27(36-34-26)25-5-3-4-10-30-25)13-21(12-19)28(35)33-18(2)23-9-7-22(29)16-32-23/h3-13,15-16,18,27H,14H2,1-2H3,(H,33,35)/t18-,27?/m1/s1. The molecule has 1 aromatic carbocycles. The molecule has 0 saturated heterocycles. The average Bonchev–Trinajstić information content (AvgIpc) is 3.40. The SMILES string of the molecule is Cc1ccc(-c2cc(C(=O)N[C@H](C)c3ccc(F)cn3)cc(C3=NOC(c4ccccn4)C3)c2)nc1. The fourth-order valence-electron chi connectivity index (χ4n) is 3.98. The summed E-state index contributed by atoms with van der Waals surface area (Å²) in [4.78, 5) is 31.9. The highest BCUT2D eigenvalue weighted by Gasteiger charge is 2.26. The zero-order valence-corrected chi connectivity index (χ0v) is 19.9. The molecule has 180 valence electrons. The average molecular weight is 482 g/mol. The second-order valence-corrected chi connectivity index (χ2v) is 8.71. The summed E-state index contributed by atoms with van der Waals surface area (Å²) in [6.07, 6.45) is 4.88. The molecule has 1 amide bonds. The Hall–Kier alpha value is -4.46. The maximum Gasteiger partial charge on any atom is 0.251 e. The number of halogens is 1. The second-order valence-electron chi connectivity index (χ2n) is 8.71. The lowest BCUT2D eigenvalue weighted by Gasteiger charge is -2.15. The number of benzene rings is 1. The summed E-state index contributed by atoms with van der Waals surface area (Å²) in [6, 6.07) is 17.6. The molecule has 0 spiro atoms. The zero-order valence-electron chi connectivity index (χ0n) is 19.9. The maximum atomic E-state index is 13.3. The summed E-state index contributed by atoms with van der Waals surface area (Å²) < 4.78 is 13.3. The normalized spacial score (nSPS) is 15.6. The number of carbonyl (C=O) groups is 1. The molecule has 2 atom stereocenters. The summed E-state index contributed by atoms with van der Waals surface area (Å²) in [5, 5.41) is 7.26. The number of amides is 1. The van der Waals surface area contributed by atoms with Gasteiger partial charge in [-0.1, -0.05) is 17.3 Å². The number of pyridine rings is 3.